The van der Waals surface area contributed by atoms with Crippen molar-refractivity contribution < 1.29 is 0 Å². The fourth-order valence-corrected chi connectivity index (χ4v) is 4.39. The van der Waals surface area contributed by atoms with Crippen LogP contribution in [0, 0.1) is 5.92 Å². The van der Waals surface area contributed by atoms with Crippen LogP contribution in [0.1, 0.15) is 49.2 Å². The lowest BCUT2D eigenvalue weighted by Gasteiger charge is -2.31. The van der Waals surface area contributed by atoms with E-state index in [0.29, 0.717) is 5.92 Å². The Balaban J connectivity index is 2.14. The number of fused-ring (bicyclic) bond motifs is 3. The van der Waals surface area contributed by atoms with Crippen molar-refractivity contribution in [3.05, 3.63) is 39.7 Å². The molecule has 20 heavy (non-hydrogen) atoms. The molecule has 1 unspecified atom stereocenters. The summed E-state index contributed by atoms with van der Waals surface area (Å²) in [7, 11) is 0. The van der Waals surface area contributed by atoms with Crippen LogP contribution in [0.5, 0.6) is 0 Å². The molecule has 2 N–H and O–H groups in total. The first-order valence-corrected chi connectivity index (χ1v) is 8.07. The van der Waals surface area contributed by atoms with Crippen LogP contribution in [0.4, 0.5) is 0 Å². The van der Waals surface area contributed by atoms with E-state index in [4.69, 9.17) is 10.7 Å². The van der Waals surface area contributed by atoms with Gasteiger partial charge in [0.25, 0.3) is 0 Å². The summed E-state index contributed by atoms with van der Waals surface area (Å²) < 4.78 is 0. The van der Waals surface area contributed by atoms with Gasteiger partial charge in [0.15, 0.2) is 0 Å². The van der Waals surface area contributed by atoms with Gasteiger partial charge in [0, 0.05) is 10.4 Å². The number of hydrogen-bond acceptors (Lipinski definition) is 3. The predicted octanol–water partition coefficient (Wildman–Crippen LogP) is 4.30. The lowest BCUT2D eigenvalue weighted by molar-refractivity contribution is 0.511. The molecule has 1 atom stereocenters. The maximum atomic E-state index is 6.29. The van der Waals surface area contributed by atoms with Crippen LogP contribution >= 0.6 is 11.3 Å². The van der Waals surface area contributed by atoms with Gasteiger partial charge in [0.2, 0.25) is 0 Å². The summed E-state index contributed by atoms with van der Waals surface area (Å²) in [5.41, 5.74) is 10.3. The van der Waals surface area contributed by atoms with E-state index in [2.05, 4.69) is 52.0 Å². The lowest BCUT2D eigenvalue weighted by atomic mass is 9.74. The number of thiazole rings is 1. The summed E-state index contributed by atoms with van der Waals surface area (Å²) >= 11 is 1.80. The molecule has 1 aromatic carbocycles. The number of rotatable bonds is 2. The molecule has 0 radical (unpaired) electrons. The van der Waals surface area contributed by atoms with Crippen LogP contribution in [0.3, 0.4) is 0 Å². The summed E-state index contributed by atoms with van der Waals surface area (Å²) in [6.07, 6.45) is 1.06. The molecule has 2 aromatic rings. The van der Waals surface area contributed by atoms with Gasteiger partial charge in [0.1, 0.15) is 5.01 Å². The van der Waals surface area contributed by atoms with E-state index < -0.39 is 0 Å². The standard InChI is InChI=1S/C17H22N2S/c1-10(2)14(18)16-19-15-11-7-5-6-8-12(11)17(3,4)9-13(15)20-16/h5-8,10,14H,9,18H2,1-4H3. The topological polar surface area (TPSA) is 38.9 Å². The van der Waals surface area contributed by atoms with E-state index in [1.807, 2.05) is 0 Å². The monoisotopic (exact) mass is 286 g/mol. The van der Waals surface area contributed by atoms with Crippen molar-refractivity contribution in [3.63, 3.8) is 0 Å². The van der Waals surface area contributed by atoms with Crippen molar-refractivity contribution in [3.8, 4) is 11.3 Å². The zero-order chi connectivity index (χ0) is 14.5. The SMILES string of the molecule is CC(C)C(N)c1nc2c(s1)CC(C)(C)c1ccccc1-2. The van der Waals surface area contributed by atoms with E-state index >= 15 is 0 Å². The third-order valence-electron chi connectivity index (χ3n) is 4.23. The van der Waals surface area contributed by atoms with Crippen LogP contribution in [-0.2, 0) is 11.8 Å². The van der Waals surface area contributed by atoms with Gasteiger partial charge in [-0.25, -0.2) is 4.98 Å². The van der Waals surface area contributed by atoms with Gasteiger partial charge in [-0.15, -0.1) is 11.3 Å². The van der Waals surface area contributed by atoms with Gasteiger partial charge in [-0.05, 0) is 23.3 Å². The van der Waals surface area contributed by atoms with Crippen molar-refractivity contribution >= 4 is 11.3 Å². The van der Waals surface area contributed by atoms with Gasteiger partial charge < -0.3 is 5.73 Å². The molecule has 0 saturated carbocycles. The van der Waals surface area contributed by atoms with Crippen molar-refractivity contribution in [2.75, 3.05) is 0 Å². The zero-order valence-electron chi connectivity index (χ0n) is 12.6. The van der Waals surface area contributed by atoms with Crippen LogP contribution in [0.15, 0.2) is 24.3 Å². The second kappa shape index (κ2) is 4.68. The molecule has 3 heteroatoms. The van der Waals surface area contributed by atoms with E-state index in [1.54, 1.807) is 11.3 Å². The van der Waals surface area contributed by atoms with Crippen LogP contribution in [-0.4, -0.2) is 4.98 Å². The van der Waals surface area contributed by atoms with Crippen molar-refractivity contribution in [1.82, 2.24) is 4.98 Å². The first-order valence-electron chi connectivity index (χ1n) is 7.25. The first kappa shape index (κ1) is 13.8. The molecule has 1 aliphatic carbocycles. The maximum Gasteiger partial charge on any atom is 0.111 e. The number of aromatic nitrogens is 1. The summed E-state index contributed by atoms with van der Waals surface area (Å²) in [6, 6.07) is 8.70. The van der Waals surface area contributed by atoms with Gasteiger partial charge in [0.05, 0.1) is 11.7 Å². The molecule has 0 bridgehead atoms. The molecule has 2 nitrogen and oxygen atoms in total. The van der Waals surface area contributed by atoms with Crippen molar-refractivity contribution in [1.29, 1.82) is 0 Å². The minimum absolute atomic E-state index is 0.0425. The van der Waals surface area contributed by atoms with E-state index in [9.17, 15) is 0 Å². The summed E-state index contributed by atoms with van der Waals surface area (Å²) in [5, 5.41) is 1.08. The Kier molecular flexibility index (Phi) is 3.22. The quantitative estimate of drug-likeness (QED) is 0.894. The largest absolute Gasteiger partial charge is 0.322 e. The number of nitrogens with two attached hydrogens (primary N) is 1. The summed E-state index contributed by atoms with van der Waals surface area (Å²) in [5.74, 6) is 0.422. The molecule has 0 aliphatic heterocycles. The Labute approximate surface area is 125 Å². The molecular weight excluding hydrogens is 264 g/mol. The van der Waals surface area contributed by atoms with Crippen molar-refractivity contribution in [2.24, 2.45) is 11.7 Å². The number of hydrogen-bond donors (Lipinski definition) is 1. The number of benzene rings is 1. The van der Waals surface area contributed by atoms with Crippen LogP contribution in [0.2, 0.25) is 0 Å². The van der Waals surface area contributed by atoms with Gasteiger partial charge in [-0.1, -0.05) is 52.0 Å². The molecule has 1 heterocycles. The highest BCUT2D eigenvalue weighted by Crippen LogP contribution is 2.45. The fourth-order valence-electron chi connectivity index (χ4n) is 2.90. The molecule has 1 aromatic heterocycles. The third-order valence-corrected chi connectivity index (χ3v) is 5.39. The molecule has 0 spiro atoms. The smallest absolute Gasteiger partial charge is 0.111 e. The third kappa shape index (κ3) is 2.09. The maximum absolute atomic E-state index is 6.29. The molecular formula is C17H22N2S. The van der Waals surface area contributed by atoms with E-state index in [1.165, 1.54) is 16.0 Å². The minimum Gasteiger partial charge on any atom is -0.322 e. The highest BCUT2D eigenvalue weighted by atomic mass is 32.1. The zero-order valence-corrected chi connectivity index (χ0v) is 13.4. The Bertz CT molecular complexity index is 640. The second-order valence-corrected chi connectivity index (χ2v) is 7.82. The van der Waals surface area contributed by atoms with Gasteiger partial charge in [-0.3, -0.25) is 0 Å². The average Bonchev–Trinajstić information content (AvgIpc) is 2.81. The van der Waals surface area contributed by atoms with Gasteiger partial charge in [-0.2, -0.15) is 0 Å². The van der Waals surface area contributed by atoms with E-state index in [-0.39, 0.29) is 11.5 Å². The highest BCUT2D eigenvalue weighted by Gasteiger charge is 2.33. The second-order valence-electron chi connectivity index (χ2n) is 6.70. The molecule has 3 rings (SSSR count). The predicted molar refractivity (Wildman–Crippen MR) is 86.0 cm³/mol. The molecule has 0 saturated heterocycles. The van der Waals surface area contributed by atoms with Crippen LogP contribution in [0.25, 0.3) is 11.3 Å². The fraction of sp³-hybridized carbons (Fsp3) is 0.471. The van der Waals surface area contributed by atoms with Crippen molar-refractivity contribution in [2.45, 2.75) is 45.6 Å². The Hall–Kier alpha value is -1.19. The normalized spacial score (nSPS) is 17.7. The van der Waals surface area contributed by atoms with Crippen LogP contribution < -0.4 is 5.73 Å². The molecule has 0 fully saturated rings. The van der Waals surface area contributed by atoms with Gasteiger partial charge >= 0.3 is 0 Å². The highest BCUT2D eigenvalue weighted by molar-refractivity contribution is 7.12. The molecule has 0 amide bonds. The molecule has 1 aliphatic rings. The number of nitrogens with zero attached hydrogens (tertiary/aromatic N) is 1. The minimum atomic E-state index is 0.0425. The molecule has 106 valence electrons. The Morgan fingerprint density at radius 1 is 1.25 bits per heavy atom. The summed E-state index contributed by atoms with van der Waals surface area (Å²) in [6.45, 7) is 8.94. The summed E-state index contributed by atoms with van der Waals surface area (Å²) in [4.78, 5) is 6.26. The Morgan fingerprint density at radius 3 is 2.65 bits per heavy atom. The first-order chi connectivity index (χ1) is 9.40. The van der Waals surface area contributed by atoms with E-state index in [0.717, 1.165) is 17.1 Å². The average molecular weight is 286 g/mol. The Morgan fingerprint density at radius 2 is 1.95 bits per heavy atom. The lowest BCUT2D eigenvalue weighted by Crippen LogP contribution is -2.24.